The summed E-state index contributed by atoms with van der Waals surface area (Å²) < 4.78 is 47.3. The minimum Gasteiger partial charge on any atom is -0.324 e. The van der Waals surface area contributed by atoms with E-state index < -0.39 is 20.0 Å². The van der Waals surface area contributed by atoms with Crippen LogP contribution in [0.3, 0.4) is 0 Å². The third kappa shape index (κ3) is 5.44. The molecule has 1 aromatic rings. The molecule has 1 fully saturated rings. The number of sulfonamides is 2. The zero-order valence-corrected chi connectivity index (χ0v) is 14.7. The molecule has 0 spiro atoms. The molecular weight excluding hydrogens is 356 g/mol. The summed E-state index contributed by atoms with van der Waals surface area (Å²) in [5.41, 5.74) is 0.448. The lowest BCUT2D eigenvalue weighted by Gasteiger charge is -2.32. The zero-order chi connectivity index (χ0) is 18.0. The van der Waals surface area contributed by atoms with E-state index in [4.69, 9.17) is 5.14 Å². The number of nitrogens with one attached hydrogen (secondary N) is 2. The number of anilines is 1. The van der Waals surface area contributed by atoms with Gasteiger partial charge in [0, 0.05) is 24.8 Å². The predicted molar refractivity (Wildman–Crippen MR) is 89.4 cm³/mol. The Morgan fingerprint density at radius 3 is 2.12 bits per heavy atom. The van der Waals surface area contributed by atoms with Gasteiger partial charge in [0.2, 0.25) is 20.0 Å². The highest BCUT2D eigenvalue weighted by Gasteiger charge is 2.24. The van der Waals surface area contributed by atoms with E-state index in [1.54, 1.807) is 4.90 Å². The van der Waals surface area contributed by atoms with Crippen molar-refractivity contribution in [2.75, 3.05) is 24.7 Å². The second kappa shape index (κ2) is 7.05. The van der Waals surface area contributed by atoms with E-state index in [-0.39, 0.29) is 17.0 Å². The summed E-state index contributed by atoms with van der Waals surface area (Å²) >= 11 is 0. The Bertz CT molecular complexity index is 797. The number of urea groups is 1. The molecule has 0 aromatic heterocycles. The zero-order valence-electron chi connectivity index (χ0n) is 13.1. The Kier molecular flexibility index (Phi) is 5.48. The number of rotatable bonds is 4. The summed E-state index contributed by atoms with van der Waals surface area (Å²) in [6.07, 6.45) is 2.17. The van der Waals surface area contributed by atoms with Crippen LogP contribution in [0.25, 0.3) is 0 Å². The molecule has 9 nitrogen and oxygen atoms in total. The number of piperidine rings is 1. The number of amides is 2. The lowest BCUT2D eigenvalue weighted by Crippen LogP contribution is -2.47. The highest BCUT2D eigenvalue weighted by atomic mass is 32.2. The second-order valence-corrected chi connectivity index (χ2v) is 8.99. The van der Waals surface area contributed by atoms with Crippen molar-refractivity contribution >= 4 is 31.8 Å². The van der Waals surface area contributed by atoms with Gasteiger partial charge in [-0.15, -0.1) is 0 Å². The lowest BCUT2D eigenvalue weighted by molar-refractivity contribution is 0.193. The SMILES string of the molecule is CS(=O)(=O)NC1CCN(C(=O)Nc2ccc(S(N)(=O)=O)cc2)CC1. The molecule has 1 heterocycles. The molecule has 0 aliphatic carbocycles. The van der Waals surface area contributed by atoms with Crippen LogP contribution >= 0.6 is 0 Å². The van der Waals surface area contributed by atoms with Gasteiger partial charge in [-0.2, -0.15) is 0 Å². The van der Waals surface area contributed by atoms with E-state index in [2.05, 4.69) is 10.0 Å². The molecule has 2 amide bonds. The number of primary sulfonamides is 1. The van der Waals surface area contributed by atoms with Gasteiger partial charge in [-0.05, 0) is 37.1 Å². The summed E-state index contributed by atoms with van der Waals surface area (Å²) in [5.74, 6) is 0. The first-order chi connectivity index (χ1) is 11.0. The largest absolute Gasteiger partial charge is 0.324 e. The van der Waals surface area contributed by atoms with Crippen molar-refractivity contribution in [1.29, 1.82) is 0 Å². The molecule has 1 aromatic carbocycles. The minimum absolute atomic E-state index is 0.0341. The van der Waals surface area contributed by atoms with Gasteiger partial charge in [-0.25, -0.2) is 31.5 Å². The van der Waals surface area contributed by atoms with E-state index in [1.165, 1.54) is 24.3 Å². The fourth-order valence-electron chi connectivity index (χ4n) is 2.43. The Morgan fingerprint density at radius 2 is 1.67 bits per heavy atom. The highest BCUT2D eigenvalue weighted by Crippen LogP contribution is 2.16. The average molecular weight is 376 g/mol. The van der Waals surface area contributed by atoms with Crippen LogP contribution < -0.4 is 15.2 Å². The van der Waals surface area contributed by atoms with Crippen LogP contribution in [0.15, 0.2) is 29.2 Å². The first-order valence-electron chi connectivity index (χ1n) is 7.21. The maximum absolute atomic E-state index is 12.2. The predicted octanol–water partition coefficient (Wildman–Crippen LogP) is -0.120. The highest BCUT2D eigenvalue weighted by molar-refractivity contribution is 7.89. The summed E-state index contributed by atoms with van der Waals surface area (Å²) in [4.78, 5) is 13.7. The van der Waals surface area contributed by atoms with Crippen molar-refractivity contribution in [3.63, 3.8) is 0 Å². The Balaban J connectivity index is 1.90. The smallest absolute Gasteiger partial charge is 0.321 e. The van der Waals surface area contributed by atoms with Gasteiger partial charge in [0.05, 0.1) is 11.2 Å². The topological polar surface area (TPSA) is 139 Å². The van der Waals surface area contributed by atoms with E-state index in [0.717, 1.165) is 6.26 Å². The molecule has 24 heavy (non-hydrogen) atoms. The molecule has 1 aliphatic rings. The minimum atomic E-state index is -3.77. The lowest BCUT2D eigenvalue weighted by atomic mass is 10.1. The Hall–Kier alpha value is -1.69. The molecule has 0 radical (unpaired) electrons. The molecular formula is C13H20N4O5S2. The summed E-state index contributed by atoms with van der Waals surface area (Å²) in [6, 6.07) is 5.04. The van der Waals surface area contributed by atoms with Gasteiger partial charge >= 0.3 is 6.03 Å². The molecule has 2 rings (SSSR count). The number of nitrogens with two attached hydrogens (primary N) is 1. The Labute approximate surface area is 141 Å². The Morgan fingerprint density at radius 1 is 1.12 bits per heavy atom. The van der Waals surface area contributed by atoms with Crippen LogP contribution in [0.5, 0.6) is 0 Å². The van der Waals surface area contributed by atoms with Crippen molar-refractivity contribution in [1.82, 2.24) is 9.62 Å². The van der Waals surface area contributed by atoms with Gasteiger partial charge in [-0.1, -0.05) is 0 Å². The van der Waals surface area contributed by atoms with Crippen LogP contribution in [0.4, 0.5) is 10.5 Å². The number of benzene rings is 1. The number of nitrogens with zero attached hydrogens (tertiary/aromatic N) is 1. The van der Waals surface area contributed by atoms with E-state index in [9.17, 15) is 21.6 Å². The molecule has 1 saturated heterocycles. The molecule has 11 heteroatoms. The summed E-state index contributed by atoms with van der Waals surface area (Å²) in [7, 11) is -7.02. The number of hydrogen-bond acceptors (Lipinski definition) is 5. The van der Waals surface area contributed by atoms with Gasteiger partial charge in [-0.3, -0.25) is 0 Å². The molecule has 0 bridgehead atoms. The van der Waals surface area contributed by atoms with Gasteiger partial charge in [0.25, 0.3) is 0 Å². The van der Waals surface area contributed by atoms with Gasteiger partial charge < -0.3 is 10.2 Å². The van der Waals surface area contributed by atoms with Crippen LogP contribution in [-0.2, 0) is 20.0 Å². The molecule has 4 N–H and O–H groups in total. The number of likely N-dealkylation sites (tertiary alicyclic amines) is 1. The van der Waals surface area contributed by atoms with Crippen LogP contribution in [0.1, 0.15) is 12.8 Å². The third-order valence-electron chi connectivity index (χ3n) is 3.60. The number of carbonyl (C=O) groups is 1. The average Bonchev–Trinajstić information content (AvgIpc) is 2.46. The van der Waals surface area contributed by atoms with Crippen molar-refractivity contribution in [2.45, 2.75) is 23.8 Å². The van der Waals surface area contributed by atoms with Crippen molar-refractivity contribution in [3.8, 4) is 0 Å². The quantitative estimate of drug-likeness (QED) is 0.672. The van der Waals surface area contributed by atoms with E-state index in [0.29, 0.717) is 31.6 Å². The second-order valence-electron chi connectivity index (χ2n) is 5.65. The molecule has 0 atom stereocenters. The molecule has 0 unspecified atom stereocenters. The van der Waals surface area contributed by atoms with Crippen molar-refractivity contribution < 1.29 is 21.6 Å². The van der Waals surface area contributed by atoms with Crippen LogP contribution in [0.2, 0.25) is 0 Å². The first-order valence-corrected chi connectivity index (χ1v) is 10.6. The normalized spacial score (nSPS) is 16.8. The van der Waals surface area contributed by atoms with Gasteiger partial charge in [0.1, 0.15) is 0 Å². The summed E-state index contributed by atoms with van der Waals surface area (Å²) in [5, 5.41) is 7.68. The van der Waals surface area contributed by atoms with Crippen molar-refractivity contribution in [2.24, 2.45) is 5.14 Å². The number of carbonyl (C=O) groups excluding carboxylic acids is 1. The molecule has 1 aliphatic heterocycles. The van der Waals surface area contributed by atoms with Crippen LogP contribution in [0, 0.1) is 0 Å². The summed E-state index contributed by atoms with van der Waals surface area (Å²) in [6.45, 7) is 0.850. The molecule has 134 valence electrons. The standard InChI is InChI=1S/C13H20N4O5S2/c1-23(19,20)16-11-6-8-17(9-7-11)13(18)15-10-2-4-12(5-3-10)24(14,21)22/h2-5,11,16H,6-9H2,1H3,(H,15,18)(H2,14,21,22). The fourth-order valence-corrected chi connectivity index (χ4v) is 3.79. The van der Waals surface area contributed by atoms with E-state index >= 15 is 0 Å². The maximum atomic E-state index is 12.2. The fraction of sp³-hybridized carbons (Fsp3) is 0.462. The van der Waals surface area contributed by atoms with Crippen LogP contribution in [-0.4, -0.2) is 53.2 Å². The maximum Gasteiger partial charge on any atom is 0.321 e. The van der Waals surface area contributed by atoms with Crippen molar-refractivity contribution in [3.05, 3.63) is 24.3 Å². The van der Waals surface area contributed by atoms with Gasteiger partial charge in [0.15, 0.2) is 0 Å². The third-order valence-corrected chi connectivity index (χ3v) is 5.29. The monoisotopic (exact) mass is 376 g/mol. The van der Waals surface area contributed by atoms with E-state index in [1.807, 2.05) is 0 Å². The molecule has 0 saturated carbocycles. The first kappa shape index (κ1) is 18.6. The number of hydrogen-bond donors (Lipinski definition) is 3.